The van der Waals surface area contributed by atoms with E-state index in [-0.39, 0.29) is 0 Å². The largest absolute Gasteiger partial charge is 0.388 e. The van der Waals surface area contributed by atoms with E-state index in [9.17, 15) is 10.2 Å². The van der Waals surface area contributed by atoms with E-state index in [1.165, 1.54) is 14.1 Å². The van der Waals surface area contributed by atoms with Crippen LogP contribution >= 0.6 is 0 Å². The van der Waals surface area contributed by atoms with Crippen molar-refractivity contribution >= 4 is 5.84 Å². The molecular formula is C8H15N3O3. The van der Waals surface area contributed by atoms with E-state index in [4.69, 9.17) is 4.74 Å². The third-order valence-electron chi connectivity index (χ3n) is 2.19. The van der Waals surface area contributed by atoms with Crippen LogP contribution < -0.4 is 0 Å². The second-order valence-corrected chi connectivity index (χ2v) is 3.12. The van der Waals surface area contributed by atoms with Gasteiger partial charge in [0, 0.05) is 14.1 Å². The van der Waals surface area contributed by atoms with Gasteiger partial charge < -0.3 is 14.9 Å². The minimum Gasteiger partial charge on any atom is -0.388 e. The Balaban J connectivity index is 2.79. The lowest BCUT2D eigenvalue weighted by Gasteiger charge is -2.12. The number of rotatable bonds is 1. The standard InChI is InChI=1S/C8H15N3O3/c1-4-5(12)6(13)7(14-4)8(9-2)11-10-3/h4-7,12-13H,1-3H3/t4-,5-,6-,7-/m0/s1. The number of ether oxygens (including phenoxy) is 1. The summed E-state index contributed by atoms with van der Waals surface area (Å²) >= 11 is 0. The molecule has 6 heteroatoms. The molecule has 0 radical (unpaired) electrons. The van der Waals surface area contributed by atoms with Crippen LogP contribution in [0, 0.1) is 0 Å². The smallest absolute Gasteiger partial charge is 0.177 e. The van der Waals surface area contributed by atoms with Crippen molar-refractivity contribution in [2.75, 3.05) is 14.1 Å². The van der Waals surface area contributed by atoms with E-state index in [0.717, 1.165) is 0 Å². The molecule has 0 bridgehead atoms. The molecule has 1 fully saturated rings. The van der Waals surface area contributed by atoms with Gasteiger partial charge in [-0.15, -0.1) is 5.11 Å². The van der Waals surface area contributed by atoms with Crippen molar-refractivity contribution in [2.24, 2.45) is 15.2 Å². The zero-order valence-electron chi connectivity index (χ0n) is 8.45. The molecule has 0 saturated carbocycles. The molecule has 4 atom stereocenters. The van der Waals surface area contributed by atoms with Crippen molar-refractivity contribution in [3.63, 3.8) is 0 Å². The Kier molecular flexibility index (Phi) is 3.68. The fourth-order valence-corrected chi connectivity index (χ4v) is 1.39. The van der Waals surface area contributed by atoms with Crippen LogP contribution in [-0.2, 0) is 4.74 Å². The first-order valence-electron chi connectivity index (χ1n) is 4.40. The predicted octanol–water partition coefficient (Wildman–Crippen LogP) is -0.394. The lowest BCUT2D eigenvalue weighted by molar-refractivity contribution is 0.0317. The van der Waals surface area contributed by atoms with Gasteiger partial charge in [-0.2, -0.15) is 5.11 Å². The van der Waals surface area contributed by atoms with Gasteiger partial charge >= 0.3 is 0 Å². The molecule has 1 aliphatic rings. The first-order valence-corrected chi connectivity index (χ1v) is 4.40. The molecule has 1 rings (SSSR count). The fourth-order valence-electron chi connectivity index (χ4n) is 1.39. The van der Waals surface area contributed by atoms with Gasteiger partial charge in [-0.05, 0) is 6.92 Å². The molecule has 0 aromatic rings. The first-order chi connectivity index (χ1) is 6.61. The van der Waals surface area contributed by atoms with Gasteiger partial charge in [0.15, 0.2) is 5.84 Å². The van der Waals surface area contributed by atoms with Crippen molar-refractivity contribution in [2.45, 2.75) is 31.3 Å². The molecule has 0 spiro atoms. The second kappa shape index (κ2) is 4.59. The molecule has 2 N–H and O–H groups in total. The van der Waals surface area contributed by atoms with Gasteiger partial charge in [-0.1, -0.05) is 0 Å². The van der Waals surface area contributed by atoms with Crippen molar-refractivity contribution in [3.8, 4) is 0 Å². The third kappa shape index (κ3) is 1.97. The summed E-state index contributed by atoms with van der Waals surface area (Å²) in [6.45, 7) is 1.68. The summed E-state index contributed by atoms with van der Waals surface area (Å²) in [4.78, 5) is 3.84. The average molecular weight is 201 g/mol. The molecular weight excluding hydrogens is 186 g/mol. The number of nitrogens with zero attached hydrogens (tertiary/aromatic N) is 3. The summed E-state index contributed by atoms with van der Waals surface area (Å²) in [7, 11) is 3.04. The number of azo groups is 1. The van der Waals surface area contributed by atoms with E-state index < -0.39 is 24.4 Å². The molecule has 0 aromatic carbocycles. The monoisotopic (exact) mass is 201 g/mol. The van der Waals surface area contributed by atoms with Gasteiger partial charge in [-0.3, -0.25) is 4.99 Å². The summed E-state index contributed by atoms with van der Waals surface area (Å²) in [5, 5.41) is 26.3. The van der Waals surface area contributed by atoms with Crippen molar-refractivity contribution in [1.82, 2.24) is 0 Å². The molecule has 14 heavy (non-hydrogen) atoms. The minimum absolute atomic E-state index is 0.295. The maximum atomic E-state index is 9.60. The van der Waals surface area contributed by atoms with Crippen LogP contribution in [0.15, 0.2) is 15.2 Å². The number of hydrogen-bond acceptors (Lipinski definition) is 5. The highest BCUT2D eigenvalue weighted by molar-refractivity contribution is 5.87. The summed E-state index contributed by atoms with van der Waals surface area (Å²) in [6.07, 6.45) is -2.99. The highest BCUT2D eigenvalue weighted by Gasteiger charge is 2.43. The molecule has 6 nitrogen and oxygen atoms in total. The zero-order chi connectivity index (χ0) is 10.7. The SMILES string of the molecule is CN=NC(=NC)[C@H]1O[C@@H](C)[C@H](O)[C@@H]1O. The maximum absolute atomic E-state index is 9.60. The van der Waals surface area contributed by atoms with Crippen molar-refractivity contribution in [3.05, 3.63) is 0 Å². The average Bonchev–Trinajstić information content (AvgIpc) is 2.42. The number of hydrogen-bond donors (Lipinski definition) is 2. The summed E-state index contributed by atoms with van der Waals surface area (Å²) in [5.41, 5.74) is 0. The molecule has 1 aliphatic heterocycles. The Labute approximate surface area is 82.3 Å². The number of aliphatic hydroxyl groups excluding tert-OH is 2. The quantitative estimate of drug-likeness (QED) is 0.344. The van der Waals surface area contributed by atoms with Crippen LogP contribution in [0.5, 0.6) is 0 Å². The van der Waals surface area contributed by atoms with Gasteiger partial charge in [0.2, 0.25) is 0 Å². The molecule has 0 aliphatic carbocycles. The number of aliphatic imine (C=N–C) groups is 1. The number of aliphatic hydroxyl groups is 2. The Morgan fingerprint density at radius 1 is 1.21 bits per heavy atom. The highest BCUT2D eigenvalue weighted by Crippen LogP contribution is 2.22. The van der Waals surface area contributed by atoms with E-state index in [0.29, 0.717) is 5.84 Å². The molecule has 1 heterocycles. The van der Waals surface area contributed by atoms with Crippen LogP contribution in [0.3, 0.4) is 0 Å². The van der Waals surface area contributed by atoms with Crippen molar-refractivity contribution in [1.29, 1.82) is 0 Å². The molecule has 0 amide bonds. The van der Waals surface area contributed by atoms with Gasteiger partial charge in [0.25, 0.3) is 0 Å². The van der Waals surface area contributed by atoms with Gasteiger partial charge in [-0.25, -0.2) is 0 Å². The van der Waals surface area contributed by atoms with Crippen molar-refractivity contribution < 1.29 is 14.9 Å². The predicted molar refractivity (Wildman–Crippen MR) is 50.5 cm³/mol. The fraction of sp³-hybridized carbons (Fsp3) is 0.875. The number of amidine groups is 1. The van der Waals surface area contributed by atoms with E-state index in [2.05, 4.69) is 15.2 Å². The normalized spacial score (nSPS) is 39.6. The van der Waals surface area contributed by atoms with Crippen LogP contribution in [0.1, 0.15) is 6.92 Å². The highest BCUT2D eigenvalue weighted by atomic mass is 16.5. The molecule has 0 aromatic heterocycles. The van der Waals surface area contributed by atoms with Crippen LogP contribution in [0.25, 0.3) is 0 Å². The van der Waals surface area contributed by atoms with Crippen LogP contribution in [0.4, 0.5) is 0 Å². The molecule has 1 saturated heterocycles. The van der Waals surface area contributed by atoms with Crippen LogP contribution in [-0.4, -0.2) is 54.6 Å². The lowest BCUT2D eigenvalue weighted by Crippen LogP contribution is -2.35. The molecule has 80 valence electrons. The summed E-state index contributed by atoms with van der Waals surface area (Å²) in [5.74, 6) is 0.295. The topological polar surface area (TPSA) is 86.8 Å². The first kappa shape index (κ1) is 11.2. The Hall–Kier alpha value is -0.850. The summed E-state index contributed by atoms with van der Waals surface area (Å²) < 4.78 is 5.31. The zero-order valence-corrected chi connectivity index (χ0v) is 8.45. The second-order valence-electron chi connectivity index (χ2n) is 3.12. The summed E-state index contributed by atoms with van der Waals surface area (Å²) in [6, 6.07) is 0. The minimum atomic E-state index is -0.991. The third-order valence-corrected chi connectivity index (χ3v) is 2.19. The molecule has 0 unspecified atom stereocenters. The Bertz CT molecular complexity index is 254. The maximum Gasteiger partial charge on any atom is 0.177 e. The van der Waals surface area contributed by atoms with Gasteiger partial charge in [0.05, 0.1) is 6.10 Å². The Morgan fingerprint density at radius 3 is 2.21 bits per heavy atom. The van der Waals surface area contributed by atoms with E-state index in [1.807, 2.05) is 0 Å². The van der Waals surface area contributed by atoms with E-state index >= 15 is 0 Å². The Morgan fingerprint density at radius 2 is 1.86 bits per heavy atom. The lowest BCUT2D eigenvalue weighted by atomic mass is 10.1. The van der Waals surface area contributed by atoms with Gasteiger partial charge in [0.1, 0.15) is 18.3 Å². The van der Waals surface area contributed by atoms with Crippen LogP contribution in [0.2, 0.25) is 0 Å². The van der Waals surface area contributed by atoms with E-state index in [1.54, 1.807) is 6.92 Å².